The number of pyridine rings is 1. The van der Waals surface area contributed by atoms with Crippen molar-refractivity contribution in [2.45, 2.75) is 26.9 Å². The summed E-state index contributed by atoms with van der Waals surface area (Å²) in [7, 11) is 1.69. The van der Waals surface area contributed by atoms with E-state index in [1.165, 1.54) is 0 Å². The second kappa shape index (κ2) is 7.97. The number of aromatic nitrogens is 2. The summed E-state index contributed by atoms with van der Waals surface area (Å²) in [5, 5.41) is 1.76. The summed E-state index contributed by atoms with van der Waals surface area (Å²) >= 11 is 0. The molecule has 4 rings (SSSR count). The van der Waals surface area contributed by atoms with E-state index in [1.54, 1.807) is 7.11 Å². The first-order chi connectivity index (χ1) is 13.6. The van der Waals surface area contributed by atoms with Crippen LogP contribution in [0.2, 0.25) is 0 Å². The van der Waals surface area contributed by atoms with Gasteiger partial charge in [0.15, 0.2) is 0 Å². The number of ether oxygens (including phenoxy) is 2. The number of hydrogen-bond acceptors (Lipinski definition) is 4. The first kappa shape index (κ1) is 19.0. The Hall–Kier alpha value is -2.31. The van der Waals surface area contributed by atoms with Crippen molar-refractivity contribution in [3.8, 4) is 5.75 Å². The summed E-state index contributed by atoms with van der Waals surface area (Å²) in [6, 6.07) is 8.05. The van der Waals surface area contributed by atoms with Gasteiger partial charge in [0, 0.05) is 44.3 Å². The summed E-state index contributed by atoms with van der Waals surface area (Å²) < 4.78 is 15.2. The minimum absolute atomic E-state index is 0.0783. The molecule has 0 spiro atoms. The zero-order chi connectivity index (χ0) is 19.7. The minimum Gasteiger partial charge on any atom is -0.495 e. The minimum atomic E-state index is 0.0783. The van der Waals surface area contributed by atoms with E-state index in [0.29, 0.717) is 5.92 Å². The van der Waals surface area contributed by atoms with E-state index in [1.807, 2.05) is 29.0 Å². The lowest BCUT2D eigenvalue weighted by molar-refractivity contribution is 0.0366. The fourth-order valence-electron chi connectivity index (χ4n) is 4.17. The van der Waals surface area contributed by atoms with Gasteiger partial charge in [-0.05, 0) is 18.1 Å². The Bertz CT molecular complexity index is 1030. The molecule has 2 aromatic heterocycles. The lowest BCUT2D eigenvalue weighted by Gasteiger charge is -2.27. The second-order valence-corrected chi connectivity index (χ2v) is 7.89. The Kier molecular flexibility index (Phi) is 5.42. The molecule has 150 valence electrons. The molecule has 0 radical (unpaired) electrons. The maximum absolute atomic E-state index is 13.3. The largest absolute Gasteiger partial charge is 0.495 e. The van der Waals surface area contributed by atoms with Gasteiger partial charge in [-0.3, -0.25) is 9.69 Å². The highest BCUT2D eigenvalue weighted by atomic mass is 16.5. The van der Waals surface area contributed by atoms with E-state index in [9.17, 15) is 4.79 Å². The Morgan fingerprint density at radius 1 is 1.14 bits per heavy atom. The van der Waals surface area contributed by atoms with Gasteiger partial charge < -0.3 is 18.6 Å². The fourth-order valence-corrected chi connectivity index (χ4v) is 4.17. The van der Waals surface area contributed by atoms with E-state index in [0.717, 1.165) is 73.5 Å². The number of para-hydroxylation sites is 1. The fraction of sp³-hybridized carbons (Fsp3) is 0.500. The highest BCUT2D eigenvalue weighted by molar-refractivity contribution is 6.09. The van der Waals surface area contributed by atoms with Crippen molar-refractivity contribution in [2.75, 3.05) is 40.0 Å². The molecular formula is C22H29N3O3. The summed E-state index contributed by atoms with van der Waals surface area (Å²) in [4.78, 5) is 15.7. The zero-order valence-corrected chi connectivity index (χ0v) is 17.0. The molecule has 1 fully saturated rings. The van der Waals surface area contributed by atoms with Gasteiger partial charge in [-0.1, -0.05) is 26.0 Å². The monoisotopic (exact) mass is 383 g/mol. The molecule has 0 bridgehead atoms. The molecule has 0 atom stereocenters. The van der Waals surface area contributed by atoms with Crippen LogP contribution in [-0.2, 0) is 17.8 Å². The number of benzene rings is 1. The Morgan fingerprint density at radius 3 is 2.64 bits per heavy atom. The number of hydrogen-bond donors (Lipinski definition) is 0. The molecule has 3 aromatic rings. The van der Waals surface area contributed by atoms with Crippen LogP contribution in [0, 0.1) is 5.92 Å². The zero-order valence-electron chi connectivity index (χ0n) is 17.0. The molecule has 3 heterocycles. The van der Waals surface area contributed by atoms with Crippen molar-refractivity contribution in [2.24, 2.45) is 5.92 Å². The van der Waals surface area contributed by atoms with Gasteiger partial charge in [0.2, 0.25) is 0 Å². The van der Waals surface area contributed by atoms with Gasteiger partial charge in [0.05, 0.1) is 36.7 Å². The van der Waals surface area contributed by atoms with Crippen LogP contribution in [0.15, 0.2) is 35.3 Å². The lowest BCUT2D eigenvalue weighted by Crippen LogP contribution is -2.38. The molecule has 0 aliphatic carbocycles. The molecule has 1 aliphatic heterocycles. The SMILES string of the molecule is COc1cccc2c3c(=O)n(CC(C)C)ccc3n(CCN3CCOCC3)c12. The van der Waals surface area contributed by atoms with Crippen molar-refractivity contribution < 1.29 is 9.47 Å². The average molecular weight is 383 g/mol. The third-order valence-corrected chi connectivity index (χ3v) is 5.50. The van der Waals surface area contributed by atoms with E-state index in [-0.39, 0.29) is 5.56 Å². The molecule has 0 saturated carbocycles. The summed E-state index contributed by atoms with van der Waals surface area (Å²) in [5.41, 5.74) is 2.07. The van der Waals surface area contributed by atoms with Crippen molar-refractivity contribution >= 4 is 21.8 Å². The first-order valence-corrected chi connectivity index (χ1v) is 10.1. The third kappa shape index (κ3) is 3.42. The van der Waals surface area contributed by atoms with E-state index < -0.39 is 0 Å². The van der Waals surface area contributed by atoms with Gasteiger partial charge in [0.25, 0.3) is 5.56 Å². The first-order valence-electron chi connectivity index (χ1n) is 10.1. The van der Waals surface area contributed by atoms with Crippen LogP contribution >= 0.6 is 0 Å². The van der Waals surface area contributed by atoms with Gasteiger partial charge in [-0.2, -0.15) is 0 Å². The predicted octanol–water partition coefficient (Wildman–Crippen LogP) is 2.95. The van der Waals surface area contributed by atoms with Gasteiger partial charge >= 0.3 is 0 Å². The number of methoxy groups -OCH3 is 1. The van der Waals surface area contributed by atoms with Crippen LogP contribution in [0.25, 0.3) is 21.8 Å². The summed E-state index contributed by atoms with van der Waals surface area (Å²) in [5.74, 6) is 1.23. The maximum atomic E-state index is 13.3. The molecular weight excluding hydrogens is 354 g/mol. The van der Waals surface area contributed by atoms with Crippen molar-refractivity contribution in [3.05, 3.63) is 40.8 Å². The van der Waals surface area contributed by atoms with Crippen LogP contribution in [0.1, 0.15) is 13.8 Å². The summed E-state index contributed by atoms with van der Waals surface area (Å²) in [6.45, 7) is 10.2. The number of fused-ring (bicyclic) bond motifs is 3. The van der Waals surface area contributed by atoms with E-state index in [4.69, 9.17) is 9.47 Å². The normalized spacial score (nSPS) is 15.7. The summed E-state index contributed by atoms with van der Waals surface area (Å²) in [6.07, 6.45) is 1.93. The topological polar surface area (TPSA) is 48.6 Å². The number of morpholine rings is 1. The number of nitrogens with zero attached hydrogens (tertiary/aromatic N) is 3. The standard InChI is InChI=1S/C22H29N3O3/c1-16(2)15-24-8-7-18-20(22(24)26)17-5-4-6-19(27-3)21(17)25(18)10-9-23-11-13-28-14-12-23/h4-8,16H,9-15H2,1-3H3. The molecule has 6 heteroatoms. The Morgan fingerprint density at radius 2 is 1.93 bits per heavy atom. The predicted molar refractivity (Wildman–Crippen MR) is 112 cm³/mol. The van der Waals surface area contributed by atoms with Crippen molar-refractivity contribution in [3.63, 3.8) is 0 Å². The van der Waals surface area contributed by atoms with Crippen LogP contribution in [-0.4, -0.2) is 54.0 Å². The van der Waals surface area contributed by atoms with E-state index in [2.05, 4.69) is 29.4 Å². The second-order valence-electron chi connectivity index (χ2n) is 7.89. The van der Waals surface area contributed by atoms with Crippen molar-refractivity contribution in [1.29, 1.82) is 0 Å². The molecule has 6 nitrogen and oxygen atoms in total. The maximum Gasteiger partial charge on any atom is 0.260 e. The molecule has 1 saturated heterocycles. The van der Waals surface area contributed by atoms with Crippen molar-refractivity contribution in [1.82, 2.24) is 14.0 Å². The number of rotatable bonds is 6. The van der Waals surface area contributed by atoms with E-state index >= 15 is 0 Å². The Balaban J connectivity index is 1.85. The molecule has 28 heavy (non-hydrogen) atoms. The van der Waals surface area contributed by atoms with Crippen LogP contribution < -0.4 is 10.3 Å². The van der Waals surface area contributed by atoms with Crippen LogP contribution in [0.5, 0.6) is 5.75 Å². The van der Waals surface area contributed by atoms with Crippen LogP contribution in [0.3, 0.4) is 0 Å². The quantitative estimate of drug-likeness (QED) is 0.657. The molecule has 0 unspecified atom stereocenters. The van der Waals surface area contributed by atoms with Gasteiger partial charge in [-0.25, -0.2) is 0 Å². The molecule has 0 N–H and O–H groups in total. The average Bonchev–Trinajstić information content (AvgIpc) is 3.03. The van der Waals surface area contributed by atoms with Gasteiger partial charge in [0.1, 0.15) is 5.75 Å². The lowest BCUT2D eigenvalue weighted by atomic mass is 10.1. The highest BCUT2D eigenvalue weighted by Gasteiger charge is 2.19. The van der Waals surface area contributed by atoms with Crippen LogP contribution in [0.4, 0.5) is 0 Å². The molecule has 1 aromatic carbocycles. The third-order valence-electron chi connectivity index (χ3n) is 5.50. The molecule has 1 aliphatic rings. The Labute approximate surface area is 165 Å². The van der Waals surface area contributed by atoms with Gasteiger partial charge in [-0.15, -0.1) is 0 Å². The molecule has 0 amide bonds. The highest BCUT2D eigenvalue weighted by Crippen LogP contribution is 2.33. The smallest absolute Gasteiger partial charge is 0.260 e.